The third-order valence-corrected chi connectivity index (χ3v) is 3.46. The summed E-state index contributed by atoms with van der Waals surface area (Å²) in [5.74, 6) is -0.221. The van der Waals surface area contributed by atoms with E-state index < -0.39 is 12.0 Å². The summed E-state index contributed by atoms with van der Waals surface area (Å²) in [4.78, 5) is 13.8. The summed E-state index contributed by atoms with van der Waals surface area (Å²) in [5, 5.41) is 0. The van der Waals surface area contributed by atoms with E-state index in [2.05, 4.69) is 6.58 Å². The summed E-state index contributed by atoms with van der Waals surface area (Å²) in [5.41, 5.74) is -0.316. The van der Waals surface area contributed by atoms with Crippen LogP contribution in [0.5, 0.6) is 0 Å². The Morgan fingerprint density at radius 1 is 1.45 bits per heavy atom. The number of methoxy groups -OCH3 is 2. The lowest BCUT2D eigenvalue weighted by Crippen LogP contribution is -2.63. The normalized spacial score (nSPS) is 26.3. The van der Waals surface area contributed by atoms with Gasteiger partial charge in [-0.3, -0.25) is 4.79 Å². The topological polar surface area (TPSA) is 48.0 Å². The van der Waals surface area contributed by atoms with Crippen LogP contribution in [0.3, 0.4) is 0 Å². The van der Waals surface area contributed by atoms with Crippen LogP contribution < -0.4 is 0 Å². The Morgan fingerprint density at radius 3 is 2.70 bits per heavy atom. The van der Waals surface area contributed by atoms with Gasteiger partial charge in [-0.1, -0.05) is 36.9 Å². The first kappa shape index (κ1) is 14.7. The molecule has 0 bridgehead atoms. The molecule has 0 aromatic heterocycles. The number of ether oxygens (including phenoxy) is 3. The zero-order chi connectivity index (χ0) is 14.6. The van der Waals surface area contributed by atoms with Crippen molar-refractivity contribution in [2.45, 2.75) is 12.0 Å². The molecule has 1 amide bonds. The summed E-state index contributed by atoms with van der Waals surface area (Å²) < 4.78 is 16.8. The van der Waals surface area contributed by atoms with Crippen molar-refractivity contribution < 1.29 is 19.0 Å². The minimum Gasteiger partial charge on any atom is -0.351 e. The van der Waals surface area contributed by atoms with Gasteiger partial charge < -0.3 is 19.1 Å². The second kappa shape index (κ2) is 6.17. The van der Waals surface area contributed by atoms with Crippen molar-refractivity contribution in [3.63, 3.8) is 0 Å². The van der Waals surface area contributed by atoms with Crippen molar-refractivity contribution >= 4 is 5.91 Å². The molecule has 0 aliphatic carbocycles. The van der Waals surface area contributed by atoms with Gasteiger partial charge in [0.2, 0.25) is 17.9 Å². The van der Waals surface area contributed by atoms with Crippen LogP contribution in [-0.4, -0.2) is 44.5 Å². The van der Waals surface area contributed by atoms with E-state index in [0.717, 1.165) is 5.56 Å². The molecule has 1 aliphatic heterocycles. The lowest BCUT2D eigenvalue weighted by molar-refractivity contribution is -0.317. The Hall–Kier alpha value is -1.69. The van der Waals surface area contributed by atoms with Gasteiger partial charge in [0.05, 0.1) is 6.61 Å². The number of benzene rings is 1. The fourth-order valence-electron chi connectivity index (χ4n) is 2.56. The number of nitrogens with zero attached hydrogens (tertiary/aromatic N) is 1. The molecule has 2 atom stereocenters. The molecule has 1 aromatic carbocycles. The fraction of sp³-hybridized carbons (Fsp3) is 0.400. The Labute approximate surface area is 118 Å². The Bertz CT molecular complexity index is 476. The zero-order valence-electron chi connectivity index (χ0n) is 11.7. The number of morpholine rings is 1. The van der Waals surface area contributed by atoms with Crippen LogP contribution in [0.4, 0.5) is 0 Å². The van der Waals surface area contributed by atoms with Gasteiger partial charge in [0, 0.05) is 26.3 Å². The van der Waals surface area contributed by atoms with Gasteiger partial charge in [-0.25, -0.2) is 0 Å². The predicted molar refractivity (Wildman–Crippen MR) is 73.8 cm³/mol. The summed E-state index contributed by atoms with van der Waals surface area (Å²) in [6.07, 6.45) is 0.571. The third kappa shape index (κ3) is 2.24. The number of rotatable bonds is 4. The second-order valence-electron chi connectivity index (χ2n) is 4.40. The van der Waals surface area contributed by atoms with E-state index in [4.69, 9.17) is 14.2 Å². The highest BCUT2D eigenvalue weighted by Gasteiger charge is 2.51. The summed E-state index contributed by atoms with van der Waals surface area (Å²) in [6, 6.07) is 9.43. The van der Waals surface area contributed by atoms with Crippen molar-refractivity contribution in [1.82, 2.24) is 4.90 Å². The molecule has 1 saturated heterocycles. The number of hydrogen-bond donors (Lipinski definition) is 0. The fourth-order valence-corrected chi connectivity index (χ4v) is 2.56. The van der Waals surface area contributed by atoms with E-state index in [-0.39, 0.29) is 5.91 Å². The highest BCUT2D eigenvalue weighted by Crippen LogP contribution is 2.37. The summed E-state index contributed by atoms with van der Waals surface area (Å²) in [7, 11) is 3.07. The van der Waals surface area contributed by atoms with Gasteiger partial charge in [-0.15, -0.1) is 0 Å². The number of carbonyl (C=O) groups excluding carboxylic acids is 1. The van der Waals surface area contributed by atoms with Gasteiger partial charge in [0.15, 0.2) is 0 Å². The molecule has 1 heterocycles. The van der Waals surface area contributed by atoms with Crippen LogP contribution in [0.15, 0.2) is 43.0 Å². The molecule has 0 N–H and O–H groups in total. The molecule has 0 saturated carbocycles. The number of hydrogen-bond acceptors (Lipinski definition) is 4. The molecule has 2 unspecified atom stereocenters. The minimum atomic E-state index is -1.11. The average Bonchev–Trinajstić information content (AvgIpc) is 2.53. The maximum atomic E-state index is 12.2. The molecule has 108 valence electrons. The van der Waals surface area contributed by atoms with E-state index >= 15 is 0 Å². The summed E-state index contributed by atoms with van der Waals surface area (Å²) >= 11 is 0. The van der Waals surface area contributed by atoms with E-state index in [1.807, 2.05) is 30.3 Å². The van der Waals surface area contributed by atoms with Crippen molar-refractivity contribution in [3.05, 3.63) is 48.6 Å². The van der Waals surface area contributed by atoms with Crippen molar-refractivity contribution in [3.8, 4) is 0 Å². The Balaban J connectivity index is 2.56. The molecule has 5 nitrogen and oxygen atoms in total. The van der Waals surface area contributed by atoms with Crippen LogP contribution >= 0.6 is 0 Å². The summed E-state index contributed by atoms with van der Waals surface area (Å²) in [6.45, 7) is 4.35. The monoisotopic (exact) mass is 277 g/mol. The molecule has 20 heavy (non-hydrogen) atoms. The zero-order valence-corrected chi connectivity index (χ0v) is 11.7. The van der Waals surface area contributed by atoms with E-state index in [0.29, 0.717) is 13.2 Å². The Morgan fingerprint density at radius 2 is 2.15 bits per heavy atom. The average molecular weight is 277 g/mol. The smallest absolute Gasteiger partial charge is 0.248 e. The van der Waals surface area contributed by atoms with Crippen molar-refractivity contribution in [1.29, 1.82) is 0 Å². The van der Waals surface area contributed by atoms with E-state index in [1.165, 1.54) is 20.3 Å². The molecular weight excluding hydrogens is 258 g/mol. The van der Waals surface area contributed by atoms with Crippen LogP contribution in [0.1, 0.15) is 5.56 Å². The maximum Gasteiger partial charge on any atom is 0.248 e. The Kier molecular flexibility index (Phi) is 4.54. The van der Waals surface area contributed by atoms with Crippen LogP contribution in [0.25, 0.3) is 0 Å². The molecule has 1 fully saturated rings. The molecule has 0 radical (unpaired) electrons. The molecule has 1 aromatic rings. The quantitative estimate of drug-likeness (QED) is 0.783. The SMILES string of the molecule is C=CC(=O)N1CCOC(OC)C1(OC)c1ccccc1. The first-order chi connectivity index (χ1) is 9.70. The van der Waals surface area contributed by atoms with Crippen molar-refractivity contribution in [2.75, 3.05) is 27.4 Å². The molecule has 1 aliphatic rings. The lowest BCUT2D eigenvalue weighted by Gasteiger charge is -2.49. The number of amides is 1. The van der Waals surface area contributed by atoms with Gasteiger partial charge in [0.25, 0.3) is 0 Å². The third-order valence-electron chi connectivity index (χ3n) is 3.46. The van der Waals surface area contributed by atoms with Gasteiger partial charge in [0.1, 0.15) is 0 Å². The van der Waals surface area contributed by atoms with Crippen LogP contribution in [0.2, 0.25) is 0 Å². The highest BCUT2D eigenvalue weighted by molar-refractivity contribution is 5.87. The van der Waals surface area contributed by atoms with Gasteiger partial charge >= 0.3 is 0 Å². The second-order valence-corrected chi connectivity index (χ2v) is 4.40. The molecule has 5 heteroatoms. The van der Waals surface area contributed by atoms with Gasteiger partial charge in [-0.05, 0) is 6.08 Å². The van der Waals surface area contributed by atoms with Gasteiger partial charge in [-0.2, -0.15) is 0 Å². The maximum absolute atomic E-state index is 12.2. The largest absolute Gasteiger partial charge is 0.351 e. The standard InChI is InChI=1S/C15H19NO4/c1-4-13(17)16-10-11-20-14(18-2)15(16,19-3)12-8-6-5-7-9-12/h4-9,14H,1,10-11H2,2-3H3. The first-order valence-corrected chi connectivity index (χ1v) is 6.39. The first-order valence-electron chi connectivity index (χ1n) is 6.39. The van der Waals surface area contributed by atoms with Crippen molar-refractivity contribution in [2.24, 2.45) is 0 Å². The molecule has 2 rings (SSSR count). The van der Waals surface area contributed by atoms with E-state index in [1.54, 1.807) is 4.90 Å². The molecular formula is C15H19NO4. The van der Waals surface area contributed by atoms with Crippen LogP contribution in [-0.2, 0) is 24.7 Å². The number of carbonyl (C=O) groups is 1. The lowest BCUT2D eigenvalue weighted by atomic mass is 9.98. The van der Waals surface area contributed by atoms with Crippen LogP contribution in [0, 0.1) is 0 Å². The predicted octanol–water partition coefficient (Wildman–Crippen LogP) is 1.50. The highest BCUT2D eigenvalue weighted by atomic mass is 16.7. The molecule has 0 spiro atoms. The van der Waals surface area contributed by atoms with E-state index in [9.17, 15) is 4.79 Å². The minimum absolute atomic E-state index is 0.221.